The zero-order chi connectivity index (χ0) is 26.7. The van der Waals surface area contributed by atoms with Crippen LogP contribution in [0.4, 0.5) is 26.3 Å². The first-order chi connectivity index (χ1) is 16.6. The minimum Gasteiger partial charge on any atom is -0.394 e. The fourth-order valence-electron chi connectivity index (χ4n) is 8.50. The zero-order valence-corrected chi connectivity index (χ0v) is 20.8. The summed E-state index contributed by atoms with van der Waals surface area (Å²) in [6.45, 7) is 4.47. The first-order valence-corrected chi connectivity index (χ1v) is 13.0. The highest BCUT2D eigenvalue weighted by molar-refractivity contribution is 5.25. The molecule has 0 unspecified atom stereocenters. The van der Waals surface area contributed by atoms with Gasteiger partial charge in [0.15, 0.2) is 0 Å². The molecule has 0 aromatic carbocycles. The van der Waals surface area contributed by atoms with Crippen molar-refractivity contribution in [3.63, 3.8) is 0 Å². The van der Waals surface area contributed by atoms with E-state index in [1.165, 1.54) is 5.57 Å². The molecule has 0 aromatic heterocycles. The van der Waals surface area contributed by atoms with Crippen LogP contribution in [0.2, 0.25) is 0 Å². The fraction of sp³-hybridized carbons (Fsp3) is 0.923. The molecule has 8 atom stereocenters. The summed E-state index contributed by atoms with van der Waals surface area (Å²) in [6.07, 6.45) is -7.34. The number of aliphatic hydroxyl groups is 3. The van der Waals surface area contributed by atoms with Crippen LogP contribution in [0.25, 0.3) is 0 Å². The lowest BCUT2D eigenvalue weighted by Gasteiger charge is -2.58. The summed E-state index contributed by atoms with van der Waals surface area (Å²) in [5.41, 5.74) is -4.18. The van der Waals surface area contributed by atoms with Gasteiger partial charge in [-0.15, -0.1) is 0 Å². The van der Waals surface area contributed by atoms with Crippen LogP contribution in [-0.4, -0.2) is 58.7 Å². The summed E-state index contributed by atoms with van der Waals surface area (Å²) in [5, 5.41) is 29.5. The molecule has 36 heavy (non-hydrogen) atoms. The van der Waals surface area contributed by atoms with Crippen molar-refractivity contribution in [3.05, 3.63) is 11.6 Å². The van der Waals surface area contributed by atoms with E-state index >= 15 is 0 Å². The van der Waals surface area contributed by atoms with Gasteiger partial charge in [-0.05, 0) is 85.9 Å². The predicted molar refractivity (Wildman–Crippen MR) is 120 cm³/mol. The van der Waals surface area contributed by atoms with Crippen LogP contribution in [0.3, 0.4) is 0 Å². The van der Waals surface area contributed by atoms with E-state index in [0.29, 0.717) is 31.8 Å². The molecular formula is C26H38F6O4. The van der Waals surface area contributed by atoms with Crippen molar-refractivity contribution in [2.45, 2.75) is 102 Å². The number of allylic oxidation sites excluding steroid dienone is 1. The second-order valence-electron chi connectivity index (χ2n) is 12.1. The summed E-state index contributed by atoms with van der Waals surface area (Å²) in [5.74, 6) is -0.0134. The van der Waals surface area contributed by atoms with E-state index in [-0.39, 0.29) is 30.0 Å². The molecule has 0 aromatic rings. The molecule has 0 bridgehead atoms. The Balaban J connectivity index is 1.52. The molecule has 0 amide bonds. The molecule has 0 saturated heterocycles. The lowest BCUT2D eigenvalue weighted by atomic mass is 9.47. The zero-order valence-electron chi connectivity index (χ0n) is 20.8. The number of fused-ring (bicyclic) bond motifs is 5. The first kappa shape index (κ1) is 28.2. The number of aliphatic hydroxyl groups excluding tert-OH is 2. The minimum atomic E-state index is -5.93. The van der Waals surface area contributed by atoms with E-state index in [4.69, 9.17) is 9.84 Å². The van der Waals surface area contributed by atoms with Crippen LogP contribution in [0.1, 0.15) is 71.6 Å². The molecule has 0 heterocycles. The maximum atomic E-state index is 13.3. The highest BCUT2D eigenvalue weighted by Gasteiger charge is 2.71. The van der Waals surface area contributed by atoms with Gasteiger partial charge in [0.2, 0.25) is 0 Å². The summed E-state index contributed by atoms with van der Waals surface area (Å²) in [7, 11) is 0. The normalized spacial score (nSPS) is 40.2. The van der Waals surface area contributed by atoms with Gasteiger partial charge in [0.05, 0.1) is 25.4 Å². The average Bonchev–Trinajstić information content (AvgIpc) is 3.13. The molecule has 3 N–H and O–H groups in total. The van der Waals surface area contributed by atoms with E-state index in [0.717, 1.165) is 32.1 Å². The third kappa shape index (κ3) is 4.41. The van der Waals surface area contributed by atoms with Crippen molar-refractivity contribution >= 4 is 0 Å². The van der Waals surface area contributed by atoms with E-state index in [1.54, 1.807) is 0 Å². The van der Waals surface area contributed by atoms with Crippen molar-refractivity contribution in [1.29, 1.82) is 0 Å². The van der Waals surface area contributed by atoms with Gasteiger partial charge in [0, 0.05) is 6.42 Å². The number of rotatable bonds is 6. The van der Waals surface area contributed by atoms with E-state index in [2.05, 4.69) is 13.0 Å². The smallest absolute Gasteiger partial charge is 0.394 e. The van der Waals surface area contributed by atoms with Gasteiger partial charge < -0.3 is 20.1 Å². The number of alkyl halides is 6. The van der Waals surface area contributed by atoms with Crippen molar-refractivity contribution in [2.75, 3.05) is 13.2 Å². The topological polar surface area (TPSA) is 69.9 Å². The minimum absolute atomic E-state index is 0.0197. The molecule has 4 rings (SSSR count). The molecule has 3 fully saturated rings. The van der Waals surface area contributed by atoms with Gasteiger partial charge in [0.25, 0.3) is 5.60 Å². The lowest BCUT2D eigenvalue weighted by molar-refractivity contribution is -0.375. The third-order valence-corrected chi connectivity index (χ3v) is 10.5. The summed E-state index contributed by atoms with van der Waals surface area (Å²) < 4.78 is 85.5. The number of hydrogen-bond donors (Lipinski definition) is 3. The summed E-state index contributed by atoms with van der Waals surface area (Å²) in [6, 6.07) is 0. The summed E-state index contributed by atoms with van der Waals surface area (Å²) in [4.78, 5) is 0. The monoisotopic (exact) mass is 528 g/mol. The molecule has 4 nitrogen and oxygen atoms in total. The highest BCUT2D eigenvalue weighted by Crippen LogP contribution is 2.67. The SMILES string of the molecule is C[C@]12CC[C@H]3[C@@H](CC=C4C[C@@H](OCCO)CC[C@@]43C)[C@@H]1CC[C@@H]2[C@H](O)CC(O)(C(F)(F)F)C(F)(F)F. The Morgan fingerprint density at radius 3 is 2.28 bits per heavy atom. The molecule has 0 aliphatic heterocycles. The molecule has 10 heteroatoms. The Kier molecular flexibility index (Phi) is 7.37. The number of halogens is 6. The van der Waals surface area contributed by atoms with Crippen LogP contribution in [-0.2, 0) is 4.74 Å². The molecule has 0 spiro atoms. The van der Waals surface area contributed by atoms with Gasteiger partial charge in [-0.25, -0.2) is 0 Å². The Morgan fingerprint density at radius 2 is 1.67 bits per heavy atom. The third-order valence-electron chi connectivity index (χ3n) is 10.5. The van der Waals surface area contributed by atoms with E-state index < -0.39 is 41.8 Å². The predicted octanol–water partition coefficient (Wildman–Crippen LogP) is 5.55. The van der Waals surface area contributed by atoms with Crippen LogP contribution < -0.4 is 0 Å². The second kappa shape index (κ2) is 9.42. The van der Waals surface area contributed by atoms with Gasteiger partial charge >= 0.3 is 12.4 Å². The Morgan fingerprint density at radius 1 is 1.00 bits per heavy atom. The van der Waals surface area contributed by atoms with Crippen LogP contribution in [0, 0.1) is 34.5 Å². The fourth-order valence-corrected chi connectivity index (χ4v) is 8.50. The lowest BCUT2D eigenvalue weighted by Crippen LogP contribution is -2.59. The van der Waals surface area contributed by atoms with Gasteiger partial charge in [0.1, 0.15) is 0 Å². The maximum Gasteiger partial charge on any atom is 0.426 e. The Bertz CT molecular complexity index is 827. The number of hydrogen-bond acceptors (Lipinski definition) is 4. The van der Waals surface area contributed by atoms with Gasteiger partial charge in [-0.3, -0.25) is 0 Å². The quantitative estimate of drug-likeness (QED) is 0.312. The van der Waals surface area contributed by atoms with Gasteiger partial charge in [-0.2, -0.15) is 26.3 Å². The van der Waals surface area contributed by atoms with Crippen LogP contribution in [0.5, 0.6) is 0 Å². The average molecular weight is 529 g/mol. The Hall–Kier alpha value is -0.840. The van der Waals surface area contributed by atoms with Crippen molar-refractivity contribution < 1.29 is 46.4 Å². The molecule has 208 valence electrons. The molecule has 4 aliphatic rings. The van der Waals surface area contributed by atoms with E-state index in [1.807, 2.05) is 6.92 Å². The molecule has 4 aliphatic carbocycles. The van der Waals surface area contributed by atoms with Crippen LogP contribution in [0.15, 0.2) is 11.6 Å². The van der Waals surface area contributed by atoms with E-state index in [9.17, 15) is 36.6 Å². The standard InChI is InChI=1S/C26H38F6O4/c1-22-9-7-16(36-12-11-33)13-15(22)3-4-17-18-5-6-20(23(18,2)10-8-19(17)22)21(34)14-24(35,25(27,28)29)26(30,31)32/h3,16-21,33-35H,4-14H2,1-2H3/t16-,17-,18-,19-,20+,21+,22-,23-/m0/s1. The van der Waals surface area contributed by atoms with Crippen molar-refractivity contribution in [2.24, 2.45) is 34.5 Å². The van der Waals surface area contributed by atoms with Crippen molar-refractivity contribution in [1.82, 2.24) is 0 Å². The second-order valence-corrected chi connectivity index (χ2v) is 12.1. The van der Waals surface area contributed by atoms with Crippen LogP contribution >= 0.6 is 0 Å². The Labute approximate surface area is 208 Å². The number of ether oxygens (including phenoxy) is 1. The van der Waals surface area contributed by atoms with Gasteiger partial charge in [-0.1, -0.05) is 25.5 Å². The largest absolute Gasteiger partial charge is 0.426 e. The molecule has 0 radical (unpaired) electrons. The molecule has 3 saturated carbocycles. The maximum absolute atomic E-state index is 13.3. The highest BCUT2D eigenvalue weighted by atomic mass is 19.4. The molecular weight excluding hydrogens is 490 g/mol. The van der Waals surface area contributed by atoms with Crippen molar-refractivity contribution in [3.8, 4) is 0 Å². The first-order valence-electron chi connectivity index (χ1n) is 13.0. The summed E-state index contributed by atoms with van der Waals surface area (Å²) >= 11 is 0.